The van der Waals surface area contributed by atoms with Crippen LogP contribution in [0.2, 0.25) is 0 Å². The minimum atomic E-state index is -0.949. The van der Waals surface area contributed by atoms with Crippen LogP contribution in [0.4, 0.5) is 0 Å². The molecule has 0 aliphatic rings. The van der Waals surface area contributed by atoms with Gasteiger partial charge in [-0.3, -0.25) is 10.1 Å². The largest absolute Gasteiger partial charge is 0.493 e. The Morgan fingerprint density at radius 1 is 1.35 bits per heavy atom. The van der Waals surface area contributed by atoms with E-state index in [2.05, 4.69) is 5.32 Å². The Labute approximate surface area is 119 Å². The number of nitrogens with zero attached hydrogens (tertiary/aromatic N) is 1. The lowest BCUT2D eigenvalue weighted by Crippen LogP contribution is -2.34. The molecule has 2 N–H and O–H groups in total. The minimum absolute atomic E-state index is 0.444. The molecule has 1 atom stereocenters. The zero-order valence-corrected chi connectivity index (χ0v) is 12.3. The molecule has 0 saturated carbocycles. The van der Waals surface area contributed by atoms with E-state index in [1.165, 1.54) is 14.2 Å². The van der Waals surface area contributed by atoms with Crippen molar-refractivity contribution in [2.45, 2.75) is 6.04 Å². The van der Waals surface area contributed by atoms with Crippen molar-refractivity contribution in [1.82, 2.24) is 10.2 Å². The molecule has 1 aromatic carbocycles. The van der Waals surface area contributed by atoms with Gasteiger partial charge < -0.3 is 19.5 Å². The van der Waals surface area contributed by atoms with Crippen LogP contribution in [0.5, 0.6) is 11.5 Å². The number of likely N-dealkylation sites (N-methyl/N-ethyl adjacent to an activating group) is 1. The number of ether oxygens (including phenoxy) is 2. The van der Waals surface area contributed by atoms with Crippen LogP contribution in [-0.4, -0.2) is 57.4 Å². The van der Waals surface area contributed by atoms with Crippen molar-refractivity contribution in [1.29, 1.82) is 0 Å². The number of carboxylic acids is 1. The fourth-order valence-corrected chi connectivity index (χ4v) is 1.90. The van der Waals surface area contributed by atoms with Gasteiger partial charge in [-0.1, -0.05) is 12.1 Å². The van der Waals surface area contributed by atoms with Gasteiger partial charge in [0.1, 0.15) is 6.04 Å². The van der Waals surface area contributed by atoms with Crippen LogP contribution in [0.3, 0.4) is 0 Å². The molecule has 20 heavy (non-hydrogen) atoms. The number of para-hydroxylation sites is 1. The molecule has 0 amide bonds. The summed E-state index contributed by atoms with van der Waals surface area (Å²) < 4.78 is 10.5. The molecule has 1 rings (SSSR count). The Morgan fingerprint density at radius 2 is 2.05 bits per heavy atom. The van der Waals surface area contributed by atoms with E-state index in [0.29, 0.717) is 23.6 Å². The van der Waals surface area contributed by atoms with Gasteiger partial charge in [-0.25, -0.2) is 0 Å². The van der Waals surface area contributed by atoms with E-state index in [1.807, 2.05) is 19.0 Å². The van der Waals surface area contributed by atoms with Gasteiger partial charge in [-0.15, -0.1) is 0 Å². The molecule has 0 aliphatic carbocycles. The third-order valence-electron chi connectivity index (χ3n) is 2.90. The highest BCUT2D eigenvalue weighted by Crippen LogP contribution is 2.34. The number of carboxylic acid groups (broad SMARTS) is 1. The lowest BCUT2D eigenvalue weighted by atomic mass is 10.0. The highest BCUT2D eigenvalue weighted by molar-refractivity contribution is 5.77. The van der Waals surface area contributed by atoms with Crippen molar-refractivity contribution < 1.29 is 19.4 Å². The average molecular weight is 282 g/mol. The Kier molecular flexibility index (Phi) is 6.27. The second kappa shape index (κ2) is 7.72. The predicted molar refractivity (Wildman–Crippen MR) is 76.5 cm³/mol. The number of benzene rings is 1. The minimum Gasteiger partial charge on any atom is -0.493 e. The first kappa shape index (κ1) is 16.3. The molecular weight excluding hydrogens is 260 g/mol. The first-order valence-corrected chi connectivity index (χ1v) is 6.33. The molecule has 0 fully saturated rings. The van der Waals surface area contributed by atoms with Gasteiger partial charge in [0.05, 0.1) is 14.2 Å². The van der Waals surface area contributed by atoms with Crippen LogP contribution in [0.1, 0.15) is 11.6 Å². The quantitative estimate of drug-likeness (QED) is 0.740. The van der Waals surface area contributed by atoms with Crippen molar-refractivity contribution in [3.8, 4) is 11.5 Å². The zero-order valence-electron chi connectivity index (χ0n) is 12.3. The molecule has 0 radical (unpaired) electrons. The highest BCUT2D eigenvalue weighted by atomic mass is 16.5. The maximum atomic E-state index is 11.5. The average Bonchev–Trinajstić information content (AvgIpc) is 2.42. The van der Waals surface area contributed by atoms with Gasteiger partial charge in [0.25, 0.3) is 0 Å². The van der Waals surface area contributed by atoms with E-state index in [-0.39, 0.29) is 0 Å². The molecule has 0 aliphatic heterocycles. The Bertz CT molecular complexity index is 449. The number of rotatable bonds is 8. The Balaban J connectivity index is 2.99. The van der Waals surface area contributed by atoms with Gasteiger partial charge in [-0.2, -0.15) is 0 Å². The van der Waals surface area contributed by atoms with Crippen LogP contribution in [0, 0.1) is 0 Å². The number of nitrogens with one attached hydrogen (secondary N) is 1. The number of hydrogen-bond acceptors (Lipinski definition) is 5. The van der Waals surface area contributed by atoms with Gasteiger partial charge in [0.2, 0.25) is 0 Å². The summed E-state index contributed by atoms with van der Waals surface area (Å²) in [6.45, 7) is 1.31. The molecule has 0 aromatic heterocycles. The van der Waals surface area contributed by atoms with Crippen LogP contribution >= 0.6 is 0 Å². The maximum Gasteiger partial charge on any atom is 0.325 e. The van der Waals surface area contributed by atoms with E-state index in [1.54, 1.807) is 18.2 Å². The first-order valence-electron chi connectivity index (χ1n) is 6.33. The summed E-state index contributed by atoms with van der Waals surface area (Å²) in [4.78, 5) is 13.5. The van der Waals surface area contributed by atoms with E-state index >= 15 is 0 Å². The summed E-state index contributed by atoms with van der Waals surface area (Å²) in [6, 6.07) is 4.38. The molecule has 0 spiro atoms. The van der Waals surface area contributed by atoms with E-state index < -0.39 is 12.0 Å². The van der Waals surface area contributed by atoms with Crippen LogP contribution < -0.4 is 14.8 Å². The molecule has 6 heteroatoms. The summed E-state index contributed by atoms with van der Waals surface area (Å²) in [5, 5.41) is 12.4. The van der Waals surface area contributed by atoms with Crippen molar-refractivity contribution in [3.05, 3.63) is 23.8 Å². The monoisotopic (exact) mass is 282 g/mol. The SMILES string of the molecule is COc1cccc(C(NCCN(C)C)C(=O)O)c1OC. The lowest BCUT2D eigenvalue weighted by molar-refractivity contribution is -0.139. The van der Waals surface area contributed by atoms with Gasteiger partial charge in [0, 0.05) is 18.7 Å². The zero-order chi connectivity index (χ0) is 15.1. The van der Waals surface area contributed by atoms with Crippen LogP contribution in [-0.2, 0) is 4.79 Å². The third-order valence-corrected chi connectivity index (χ3v) is 2.90. The van der Waals surface area contributed by atoms with Crippen molar-refractivity contribution >= 4 is 5.97 Å². The van der Waals surface area contributed by atoms with Crippen LogP contribution in [0.25, 0.3) is 0 Å². The first-order chi connectivity index (χ1) is 9.51. The van der Waals surface area contributed by atoms with Crippen molar-refractivity contribution in [3.63, 3.8) is 0 Å². The van der Waals surface area contributed by atoms with E-state index in [0.717, 1.165) is 6.54 Å². The number of aliphatic carboxylic acids is 1. The lowest BCUT2D eigenvalue weighted by Gasteiger charge is -2.20. The van der Waals surface area contributed by atoms with Crippen LogP contribution in [0.15, 0.2) is 18.2 Å². The molecule has 0 heterocycles. The summed E-state index contributed by atoms with van der Waals surface area (Å²) in [5.74, 6) is 0.0146. The molecule has 1 unspecified atom stereocenters. The van der Waals surface area contributed by atoms with Crippen molar-refractivity contribution in [2.75, 3.05) is 41.4 Å². The summed E-state index contributed by atoms with van der Waals surface area (Å²) in [6.07, 6.45) is 0. The molecular formula is C14H22N2O4. The normalized spacial score (nSPS) is 12.2. The molecule has 6 nitrogen and oxygen atoms in total. The van der Waals surface area contributed by atoms with E-state index in [4.69, 9.17) is 9.47 Å². The Morgan fingerprint density at radius 3 is 2.55 bits per heavy atom. The summed E-state index contributed by atoms with van der Waals surface area (Å²) in [7, 11) is 6.89. The van der Waals surface area contributed by atoms with Gasteiger partial charge in [-0.05, 0) is 20.2 Å². The summed E-state index contributed by atoms with van der Waals surface area (Å²) >= 11 is 0. The number of methoxy groups -OCH3 is 2. The smallest absolute Gasteiger partial charge is 0.325 e. The molecule has 0 saturated heterocycles. The fourth-order valence-electron chi connectivity index (χ4n) is 1.90. The Hall–Kier alpha value is -1.79. The van der Waals surface area contributed by atoms with Gasteiger partial charge >= 0.3 is 5.97 Å². The number of hydrogen-bond donors (Lipinski definition) is 2. The predicted octanol–water partition coefficient (Wildman–Crippen LogP) is 0.981. The standard InChI is InChI=1S/C14H22N2O4/c1-16(2)9-8-15-12(14(17)18)10-6-5-7-11(19-3)13(10)20-4/h5-7,12,15H,8-9H2,1-4H3,(H,17,18). The number of carbonyl (C=O) groups is 1. The molecule has 112 valence electrons. The second-order valence-electron chi connectivity index (χ2n) is 4.61. The fraction of sp³-hybridized carbons (Fsp3) is 0.500. The van der Waals surface area contributed by atoms with Crippen molar-refractivity contribution in [2.24, 2.45) is 0 Å². The third kappa shape index (κ3) is 4.11. The topological polar surface area (TPSA) is 71.0 Å². The molecule has 1 aromatic rings. The maximum absolute atomic E-state index is 11.5. The van der Waals surface area contributed by atoms with E-state index in [9.17, 15) is 9.90 Å². The second-order valence-corrected chi connectivity index (χ2v) is 4.61. The van der Waals surface area contributed by atoms with Gasteiger partial charge in [0.15, 0.2) is 11.5 Å². The molecule has 0 bridgehead atoms. The summed E-state index contributed by atoms with van der Waals surface area (Å²) in [5.41, 5.74) is 0.554. The highest BCUT2D eigenvalue weighted by Gasteiger charge is 2.24.